The number of amides is 1. The normalized spacial score (nSPS) is 17.4. The van der Waals surface area contributed by atoms with Gasteiger partial charge >= 0.3 is 0 Å². The van der Waals surface area contributed by atoms with Crippen LogP contribution in [-0.4, -0.2) is 42.0 Å². The molecule has 0 bridgehead atoms. The van der Waals surface area contributed by atoms with Crippen LogP contribution in [0.1, 0.15) is 33.9 Å². The third kappa shape index (κ3) is 4.29. The van der Waals surface area contributed by atoms with Gasteiger partial charge in [-0.1, -0.05) is 0 Å². The van der Waals surface area contributed by atoms with E-state index in [9.17, 15) is 4.79 Å². The number of piperidine rings is 1. The number of thiazole rings is 1. The highest BCUT2D eigenvalue weighted by molar-refractivity contribution is 7.09. The van der Waals surface area contributed by atoms with Gasteiger partial charge in [-0.3, -0.25) is 4.79 Å². The Kier molecular flexibility index (Phi) is 5.55. The molecule has 134 valence electrons. The van der Waals surface area contributed by atoms with Crippen molar-refractivity contribution < 1.29 is 14.3 Å². The maximum Gasteiger partial charge on any atom is 0.254 e. The molecule has 2 heterocycles. The van der Waals surface area contributed by atoms with Crippen molar-refractivity contribution in [1.29, 1.82) is 0 Å². The van der Waals surface area contributed by atoms with E-state index < -0.39 is 0 Å². The summed E-state index contributed by atoms with van der Waals surface area (Å²) in [6, 6.07) is 5.33. The van der Waals surface area contributed by atoms with Gasteiger partial charge in [0.25, 0.3) is 5.91 Å². The van der Waals surface area contributed by atoms with Gasteiger partial charge in [0.15, 0.2) is 11.5 Å². The molecule has 1 amide bonds. The molecule has 1 saturated heterocycles. The average Bonchev–Trinajstić information content (AvgIpc) is 3.04. The fraction of sp³-hybridized carbons (Fsp3) is 0.444. The minimum atomic E-state index is -0.0184. The molecule has 1 aliphatic heterocycles. The van der Waals surface area contributed by atoms with Gasteiger partial charge in [-0.2, -0.15) is 0 Å². The molecular formula is C18H23N3O3S. The predicted octanol–water partition coefficient (Wildman–Crippen LogP) is 2.60. The van der Waals surface area contributed by atoms with Gasteiger partial charge < -0.3 is 20.1 Å². The standard InChI is InChI=1S/C18H23N3O3S/c1-12-20-15(11-25-12)10-24-16-6-5-13(8-17(16)23-2)18(22)21-7-3-4-14(19)9-21/h5-6,8,11,14H,3-4,7,9-10,19H2,1-2H3/t14-/m1/s1. The van der Waals surface area contributed by atoms with Gasteiger partial charge in [0, 0.05) is 30.1 Å². The van der Waals surface area contributed by atoms with Crippen molar-refractivity contribution >= 4 is 17.2 Å². The summed E-state index contributed by atoms with van der Waals surface area (Å²) in [7, 11) is 1.57. The van der Waals surface area contributed by atoms with E-state index >= 15 is 0 Å². The number of hydrogen-bond acceptors (Lipinski definition) is 6. The number of carbonyl (C=O) groups is 1. The molecule has 0 spiro atoms. The summed E-state index contributed by atoms with van der Waals surface area (Å²) in [6.07, 6.45) is 1.91. The summed E-state index contributed by atoms with van der Waals surface area (Å²) >= 11 is 1.59. The minimum Gasteiger partial charge on any atom is -0.493 e. The van der Waals surface area contributed by atoms with Crippen molar-refractivity contribution in [3.05, 3.63) is 39.8 Å². The highest BCUT2D eigenvalue weighted by atomic mass is 32.1. The summed E-state index contributed by atoms with van der Waals surface area (Å²) in [6.45, 7) is 3.68. The largest absolute Gasteiger partial charge is 0.493 e. The van der Waals surface area contributed by atoms with E-state index in [0.29, 0.717) is 30.2 Å². The van der Waals surface area contributed by atoms with Gasteiger partial charge in [-0.15, -0.1) is 11.3 Å². The molecule has 6 nitrogen and oxygen atoms in total. The molecule has 1 aliphatic rings. The highest BCUT2D eigenvalue weighted by Crippen LogP contribution is 2.29. The molecule has 1 fully saturated rings. The smallest absolute Gasteiger partial charge is 0.254 e. The number of benzene rings is 1. The molecule has 0 saturated carbocycles. The van der Waals surface area contributed by atoms with Crippen LogP contribution in [0.25, 0.3) is 0 Å². The SMILES string of the molecule is COc1cc(C(=O)N2CCC[C@@H](N)C2)ccc1OCc1csc(C)n1. The quantitative estimate of drug-likeness (QED) is 0.886. The van der Waals surface area contributed by atoms with E-state index in [1.165, 1.54) is 0 Å². The number of aromatic nitrogens is 1. The lowest BCUT2D eigenvalue weighted by Crippen LogP contribution is -2.45. The first-order valence-corrected chi connectivity index (χ1v) is 9.21. The van der Waals surface area contributed by atoms with Crippen molar-refractivity contribution in [3.63, 3.8) is 0 Å². The van der Waals surface area contributed by atoms with Crippen molar-refractivity contribution in [3.8, 4) is 11.5 Å². The Labute approximate surface area is 151 Å². The van der Waals surface area contributed by atoms with E-state index in [4.69, 9.17) is 15.2 Å². The second kappa shape index (κ2) is 7.84. The fourth-order valence-electron chi connectivity index (χ4n) is 2.92. The number of likely N-dealkylation sites (tertiary alicyclic amines) is 1. The number of nitrogens with two attached hydrogens (primary N) is 1. The summed E-state index contributed by atoms with van der Waals surface area (Å²) in [5.41, 5.74) is 7.44. The first kappa shape index (κ1) is 17.7. The topological polar surface area (TPSA) is 77.7 Å². The molecule has 7 heteroatoms. The van der Waals surface area contributed by atoms with E-state index in [2.05, 4.69) is 4.98 Å². The van der Waals surface area contributed by atoms with Crippen molar-refractivity contribution in [2.75, 3.05) is 20.2 Å². The van der Waals surface area contributed by atoms with Crippen LogP contribution in [0.5, 0.6) is 11.5 Å². The monoisotopic (exact) mass is 361 g/mol. The Balaban J connectivity index is 1.71. The van der Waals surface area contributed by atoms with Crippen LogP contribution in [0.4, 0.5) is 0 Å². The number of carbonyl (C=O) groups excluding carboxylic acids is 1. The Morgan fingerprint density at radius 3 is 2.96 bits per heavy atom. The average molecular weight is 361 g/mol. The first-order valence-electron chi connectivity index (χ1n) is 8.33. The van der Waals surface area contributed by atoms with Crippen LogP contribution >= 0.6 is 11.3 Å². The molecule has 0 radical (unpaired) electrons. The van der Waals surface area contributed by atoms with Crippen LogP contribution in [-0.2, 0) is 6.61 Å². The lowest BCUT2D eigenvalue weighted by atomic mass is 10.1. The Morgan fingerprint density at radius 2 is 2.28 bits per heavy atom. The second-order valence-corrected chi connectivity index (χ2v) is 7.23. The zero-order chi connectivity index (χ0) is 17.8. The number of aryl methyl sites for hydroxylation is 1. The van der Waals surface area contributed by atoms with Gasteiger partial charge in [-0.25, -0.2) is 4.98 Å². The van der Waals surface area contributed by atoms with Crippen LogP contribution in [0.15, 0.2) is 23.6 Å². The molecule has 1 aromatic heterocycles. The number of rotatable bonds is 5. The second-order valence-electron chi connectivity index (χ2n) is 6.17. The van der Waals surface area contributed by atoms with E-state index in [0.717, 1.165) is 30.1 Å². The van der Waals surface area contributed by atoms with E-state index in [1.807, 2.05) is 17.2 Å². The summed E-state index contributed by atoms with van der Waals surface area (Å²) in [5.74, 6) is 1.12. The lowest BCUT2D eigenvalue weighted by molar-refractivity contribution is 0.0708. The van der Waals surface area contributed by atoms with Crippen molar-refractivity contribution in [1.82, 2.24) is 9.88 Å². The fourth-order valence-corrected chi connectivity index (χ4v) is 3.52. The number of methoxy groups -OCH3 is 1. The molecule has 1 atom stereocenters. The molecule has 2 aromatic rings. The van der Waals surface area contributed by atoms with E-state index in [1.54, 1.807) is 36.6 Å². The summed E-state index contributed by atoms with van der Waals surface area (Å²) in [5, 5.41) is 2.98. The zero-order valence-corrected chi connectivity index (χ0v) is 15.3. The van der Waals surface area contributed by atoms with E-state index in [-0.39, 0.29) is 11.9 Å². The molecule has 0 aliphatic carbocycles. The van der Waals surface area contributed by atoms with Crippen LogP contribution in [0, 0.1) is 6.92 Å². The summed E-state index contributed by atoms with van der Waals surface area (Å²) < 4.78 is 11.2. The number of ether oxygens (including phenoxy) is 2. The zero-order valence-electron chi connectivity index (χ0n) is 14.5. The van der Waals surface area contributed by atoms with Crippen LogP contribution in [0.3, 0.4) is 0 Å². The minimum absolute atomic E-state index is 0.0184. The first-order chi connectivity index (χ1) is 12.1. The van der Waals surface area contributed by atoms with Crippen molar-refractivity contribution in [2.24, 2.45) is 5.73 Å². The predicted molar refractivity (Wildman–Crippen MR) is 97.3 cm³/mol. The highest BCUT2D eigenvalue weighted by Gasteiger charge is 2.23. The van der Waals surface area contributed by atoms with Gasteiger partial charge in [-0.05, 0) is 38.0 Å². The molecular weight excluding hydrogens is 338 g/mol. The van der Waals surface area contributed by atoms with Gasteiger partial charge in [0.05, 0.1) is 17.8 Å². The Hall–Kier alpha value is -2.12. The number of hydrogen-bond donors (Lipinski definition) is 1. The molecule has 0 unspecified atom stereocenters. The Bertz CT molecular complexity index is 747. The maximum absolute atomic E-state index is 12.7. The third-order valence-corrected chi connectivity index (χ3v) is 5.02. The number of nitrogens with zero attached hydrogens (tertiary/aromatic N) is 2. The van der Waals surface area contributed by atoms with Crippen LogP contribution in [0.2, 0.25) is 0 Å². The lowest BCUT2D eigenvalue weighted by Gasteiger charge is -2.31. The van der Waals surface area contributed by atoms with Gasteiger partial charge in [0.2, 0.25) is 0 Å². The molecule has 1 aromatic carbocycles. The Morgan fingerprint density at radius 1 is 1.44 bits per heavy atom. The van der Waals surface area contributed by atoms with Crippen molar-refractivity contribution in [2.45, 2.75) is 32.4 Å². The maximum atomic E-state index is 12.7. The molecule has 2 N–H and O–H groups in total. The van der Waals surface area contributed by atoms with Gasteiger partial charge in [0.1, 0.15) is 6.61 Å². The summed E-state index contributed by atoms with van der Waals surface area (Å²) in [4.78, 5) is 18.9. The third-order valence-electron chi connectivity index (χ3n) is 4.20. The van der Waals surface area contributed by atoms with Crippen LogP contribution < -0.4 is 15.2 Å². The molecule has 25 heavy (non-hydrogen) atoms. The molecule has 3 rings (SSSR count).